The van der Waals surface area contributed by atoms with E-state index in [1.807, 2.05) is 4.90 Å². The van der Waals surface area contributed by atoms with Crippen LogP contribution in [-0.4, -0.2) is 54.1 Å². The molecule has 116 valence electrons. The molecule has 0 spiro atoms. The first kappa shape index (κ1) is 14.4. The van der Waals surface area contributed by atoms with Crippen molar-refractivity contribution in [3.8, 4) is 0 Å². The smallest absolute Gasteiger partial charge is 0.357 e. The first-order valence-corrected chi connectivity index (χ1v) is 7.10. The molecular formula is C13H18F3N5. The number of fused-ring (bicyclic) bond motifs is 1. The minimum absolute atomic E-state index is 0.00803. The molecule has 1 atom stereocenters. The molecule has 3 rings (SSSR count). The van der Waals surface area contributed by atoms with Crippen LogP contribution in [0.3, 0.4) is 0 Å². The standard InChI is InChI=1S/C13H18F3N5/c1-17-12-18-10(13(14,15)16)7-11(19-12)21-6-5-20-4-2-3-9(20)8-21/h7,9H,2-6,8H2,1H3,(H,17,18,19). The first-order chi connectivity index (χ1) is 9.97. The molecule has 1 N–H and O–H groups in total. The van der Waals surface area contributed by atoms with E-state index in [0.717, 1.165) is 38.5 Å². The average Bonchev–Trinajstić information content (AvgIpc) is 2.93. The van der Waals surface area contributed by atoms with Crippen molar-refractivity contribution in [2.45, 2.75) is 25.1 Å². The molecule has 2 fully saturated rings. The monoisotopic (exact) mass is 301 g/mol. The van der Waals surface area contributed by atoms with E-state index in [2.05, 4.69) is 20.2 Å². The number of alkyl halides is 3. The van der Waals surface area contributed by atoms with Crippen LogP contribution in [0.5, 0.6) is 0 Å². The second kappa shape index (κ2) is 5.32. The zero-order chi connectivity index (χ0) is 15.0. The van der Waals surface area contributed by atoms with E-state index >= 15 is 0 Å². The maximum absolute atomic E-state index is 12.9. The number of halogens is 3. The summed E-state index contributed by atoms with van der Waals surface area (Å²) in [7, 11) is 1.52. The average molecular weight is 301 g/mol. The van der Waals surface area contributed by atoms with E-state index in [9.17, 15) is 13.2 Å². The van der Waals surface area contributed by atoms with Crippen LogP contribution < -0.4 is 10.2 Å². The van der Waals surface area contributed by atoms with Crippen LogP contribution in [0.4, 0.5) is 24.9 Å². The minimum atomic E-state index is -4.46. The van der Waals surface area contributed by atoms with E-state index in [1.165, 1.54) is 7.05 Å². The van der Waals surface area contributed by atoms with Gasteiger partial charge in [0.05, 0.1) is 0 Å². The van der Waals surface area contributed by atoms with Crippen molar-refractivity contribution < 1.29 is 13.2 Å². The van der Waals surface area contributed by atoms with Gasteiger partial charge in [0, 0.05) is 38.8 Å². The van der Waals surface area contributed by atoms with Crippen LogP contribution in [0.25, 0.3) is 0 Å². The van der Waals surface area contributed by atoms with Crippen molar-refractivity contribution in [1.29, 1.82) is 0 Å². The van der Waals surface area contributed by atoms with E-state index in [0.29, 0.717) is 18.4 Å². The Bertz CT molecular complexity index is 519. The molecule has 1 aromatic heterocycles. The molecule has 2 saturated heterocycles. The van der Waals surface area contributed by atoms with Crippen LogP contribution >= 0.6 is 0 Å². The number of nitrogens with zero attached hydrogens (tertiary/aromatic N) is 4. The Labute approximate surface area is 121 Å². The van der Waals surface area contributed by atoms with Gasteiger partial charge in [-0.05, 0) is 19.4 Å². The van der Waals surface area contributed by atoms with Gasteiger partial charge in [-0.25, -0.2) is 4.98 Å². The summed E-state index contributed by atoms with van der Waals surface area (Å²) in [5.41, 5.74) is -0.897. The highest BCUT2D eigenvalue weighted by atomic mass is 19.4. The van der Waals surface area contributed by atoms with Crippen molar-refractivity contribution in [3.63, 3.8) is 0 Å². The highest BCUT2D eigenvalue weighted by Gasteiger charge is 2.36. The predicted octanol–water partition coefficient (Wildman–Crippen LogP) is 1.82. The Morgan fingerprint density at radius 2 is 2.05 bits per heavy atom. The van der Waals surface area contributed by atoms with Crippen LogP contribution in [0.1, 0.15) is 18.5 Å². The van der Waals surface area contributed by atoms with Gasteiger partial charge in [0.15, 0.2) is 5.69 Å². The lowest BCUT2D eigenvalue weighted by Crippen LogP contribution is -2.50. The Balaban J connectivity index is 1.87. The summed E-state index contributed by atoms with van der Waals surface area (Å²) in [4.78, 5) is 12.0. The Hall–Kier alpha value is -1.57. The zero-order valence-corrected chi connectivity index (χ0v) is 11.8. The molecule has 1 unspecified atom stereocenters. The minimum Gasteiger partial charge on any atom is -0.357 e. The maximum atomic E-state index is 12.9. The third kappa shape index (κ3) is 2.90. The molecule has 0 aromatic carbocycles. The van der Waals surface area contributed by atoms with Gasteiger partial charge in [-0.1, -0.05) is 0 Å². The Morgan fingerprint density at radius 1 is 1.24 bits per heavy atom. The van der Waals surface area contributed by atoms with Crippen molar-refractivity contribution in [2.24, 2.45) is 0 Å². The molecule has 5 nitrogen and oxygen atoms in total. The topological polar surface area (TPSA) is 44.3 Å². The van der Waals surface area contributed by atoms with Gasteiger partial charge in [0.2, 0.25) is 5.95 Å². The van der Waals surface area contributed by atoms with E-state index in [-0.39, 0.29) is 5.95 Å². The SMILES string of the molecule is CNc1nc(N2CCN3CCCC3C2)cc(C(F)(F)F)n1. The summed E-state index contributed by atoms with van der Waals surface area (Å²) in [5.74, 6) is 0.363. The summed E-state index contributed by atoms with van der Waals surface area (Å²) in [6.45, 7) is 3.41. The van der Waals surface area contributed by atoms with E-state index in [1.54, 1.807) is 0 Å². The van der Waals surface area contributed by atoms with Gasteiger partial charge in [-0.3, -0.25) is 4.90 Å². The fourth-order valence-electron chi connectivity index (χ4n) is 3.05. The highest BCUT2D eigenvalue weighted by Crippen LogP contribution is 2.31. The first-order valence-electron chi connectivity index (χ1n) is 7.10. The molecule has 21 heavy (non-hydrogen) atoms. The van der Waals surface area contributed by atoms with Crippen molar-refractivity contribution in [3.05, 3.63) is 11.8 Å². The molecule has 0 saturated carbocycles. The van der Waals surface area contributed by atoms with Gasteiger partial charge >= 0.3 is 6.18 Å². The summed E-state index contributed by atoms with van der Waals surface area (Å²) in [5, 5.41) is 2.61. The van der Waals surface area contributed by atoms with Crippen LogP contribution in [0.2, 0.25) is 0 Å². The lowest BCUT2D eigenvalue weighted by atomic mass is 10.1. The Morgan fingerprint density at radius 3 is 2.76 bits per heavy atom. The van der Waals surface area contributed by atoms with E-state index < -0.39 is 11.9 Å². The number of rotatable bonds is 2. The quantitative estimate of drug-likeness (QED) is 0.903. The molecule has 0 amide bonds. The van der Waals surface area contributed by atoms with Crippen molar-refractivity contribution >= 4 is 11.8 Å². The highest BCUT2D eigenvalue weighted by molar-refractivity contribution is 5.46. The van der Waals surface area contributed by atoms with Crippen molar-refractivity contribution in [2.75, 3.05) is 43.4 Å². The second-order valence-electron chi connectivity index (χ2n) is 5.46. The number of anilines is 2. The molecule has 0 radical (unpaired) electrons. The number of nitrogens with one attached hydrogen (secondary N) is 1. The predicted molar refractivity (Wildman–Crippen MR) is 73.4 cm³/mol. The summed E-state index contributed by atoms with van der Waals surface area (Å²) in [6, 6.07) is 1.48. The lowest BCUT2D eigenvalue weighted by molar-refractivity contribution is -0.141. The van der Waals surface area contributed by atoms with Crippen LogP contribution in [0.15, 0.2) is 6.07 Å². The number of hydrogen-bond acceptors (Lipinski definition) is 5. The second-order valence-corrected chi connectivity index (χ2v) is 5.46. The molecular weight excluding hydrogens is 283 g/mol. The molecule has 0 aliphatic carbocycles. The van der Waals surface area contributed by atoms with Crippen LogP contribution in [-0.2, 0) is 6.18 Å². The van der Waals surface area contributed by atoms with Gasteiger partial charge in [0.1, 0.15) is 5.82 Å². The van der Waals surface area contributed by atoms with E-state index in [4.69, 9.17) is 0 Å². The molecule has 8 heteroatoms. The fraction of sp³-hybridized carbons (Fsp3) is 0.692. The Kier molecular flexibility index (Phi) is 3.64. The molecule has 2 aliphatic rings. The zero-order valence-electron chi connectivity index (χ0n) is 11.8. The normalized spacial score (nSPS) is 23.2. The lowest BCUT2D eigenvalue weighted by Gasteiger charge is -2.38. The van der Waals surface area contributed by atoms with Gasteiger partial charge in [0.25, 0.3) is 0 Å². The number of aromatic nitrogens is 2. The largest absolute Gasteiger partial charge is 0.433 e. The summed E-state index contributed by atoms with van der Waals surface area (Å²) >= 11 is 0. The van der Waals surface area contributed by atoms with Gasteiger partial charge in [-0.2, -0.15) is 18.2 Å². The maximum Gasteiger partial charge on any atom is 0.433 e. The van der Waals surface area contributed by atoms with Gasteiger partial charge < -0.3 is 10.2 Å². The number of piperazine rings is 1. The van der Waals surface area contributed by atoms with Gasteiger partial charge in [-0.15, -0.1) is 0 Å². The molecule has 1 aromatic rings. The van der Waals surface area contributed by atoms with Crippen LogP contribution in [0, 0.1) is 0 Å². The molecule has 3 heterocycles. The fourth-order valence-corrected chi connectivity index (χ4v) is 3.05. The third-order valence-corrected chi connectivity index (χ3v) is 4.14. The van der Waals surface area contributed by atoms with Crippen molar-refractivity contribution in [1.82, 2.24) is 14.9 Å². The summed E-state index contributed by atoms with van der Waals surface area (Å²) in [6.07, 6.45) is -2.19. The summed E-state index contributed by atoms with van der Waals surface area (Å²) < 4.78 is 38.8. The molecule has 0 bridgehead atoms. The third-order valence-electron chi connectivity index (χ3n) is 4.14. The molecule has 2 aliphatic heterocycles. The number of hydrogen-bond donors (Lipinski definition) is 1.